The highest BCUT2D eigenvalue weighted by atomic mass is 32.2. The van der Waals surface area contributed by atoms with Crippen LogP contribution in [0.3, 0.4) is 0 Å². The largest absolute Gasteiger partial charge is 0.481 e. The SMILES string of the molecule is CCS(=O)(=O)C1CSCCN1C(=O)NCCCC(=O)O. The number of nitrogens with one attached hydrogen (secondary N) is 1. The van der Waals surface area contributed by atoms with E-state index in [0.717, 1.165) is 0 Å². The van der Waals surface area contributed by atoms with Crippen molar-refractivity contribution in [2.75, 3.05) is 30.3 Å². The van der Waals surface area contributed by atoms with Crippen molar-refractivity contribution < 1.29 is 23.1 Å². The molecule has 1 unspecified atom stereocenters. The molecule has 0 radical (unpaired) electrons. The van der Waals surface area contributed by atoms with Gasteiger partial charge >= 0.3 is 12.0 Å². The van der Waals surface area contributed by atoms with E-state index in [0.29, 0.717) is 24.5 Å². The van der Waals surface area contributed by atoms with Gasteiger partial charge in [0.1, 0.15) is 5.37 Å². The zero-order valence-corrected chi connectivity index (χ0v) is 13.0. The lowest BCUT2D eigenvalue weighted by atomic mass is 10.3. The highest BCUT2D eigenvalue weighted by molar-refractivity contribution is 8.01. The molecule has 0 aromatic heterocycles. The zero-order valence-electron chi connectivity index (χ0n) is 11.4. The van der Waals surface area contributed by atoms with E-state index < -0.39 is 27.2 Å². The summed E-state index contributed by atoms with van der Waals surface area (Å²) in [4.78, 5) is 23.7. The lowest BCUT2D eigenvalue weighted by Gasteiger charge is -2.34. The number of sulfone groups is 1. The van der Waals surface area contributed by atoms with Crippen LogP contribution in [0.5, 0.6) is 0 Å². The number of aliphatic carboxylic acids is 1. The van der Waals surface area contributed by atoms with Crippen LogP contribution in [0.15, 0.2) is 0 Å². The van der Waals surface area contributed by atoms with E-state index in [9.17, 15) is 18.0 Å². The highest BCUT2D eigenvalue weighted by Crippen LogP contribution is 2.21. The van der Waals surface area contributed by atoms with E-state index in [1.807, 2.05) is 0 Å². The number of carbonyl (C=O) groups is 2. The molecule has 0 aromatic carbocycles. The number of hydrogen-bond donors (Lipinski definition) is 2. The van der Waals surface area contributed by atoms with Crippen LogP contribution in [-0.4, -0.2) is 66.1 Å². The Balaban J connectivity index is 2.57. The lowest BCUT2D eigenvalue weighted by Crippen LogP contribution is -2.54. The summed E-state index contributed by atoms with van der Waals surface area (Å²) >= 11 is 1.52. The molecule has 1 heterocycles. The Hall–Kier alpha value is -0.960. The second-order valence-electron chi connectivity index (χ2n) is 4.40. The zero-order chi connectivity index (χ0) is 15.2. The van der Waals surface area contributed by atoms with E-state index in [-0.39, 0.29) is 18.7 Å². The number of carbonyl (C=O) groups excluding carboxylic acids is 1. The molecule has 0 saturated carbocycles. The van der Waals surface area contributed by atoms with Crippen LogP contribution in [0.4, 0.5) is 4.79 Å². The molecule has 0 aliphatic carbocycles. The number of nitrogens with zero attached hydrogens (tertiary/aromatic N) is 1. The summed E-state index contributed by atoms with van der Waals surface area (Å²) in [6.45, 7) is 2.19. The lowest BCUT2D eigenvalue weighted by molar-refractivity contribution is -0.137. The van der Waals surface area contributed by atoms with E-state index in [1.165, 1.54) is 16.7 Å². The summed E-state index contributed by atoms with van der Waals surface area (Å²) < 4.78 is 24.0. The molecule has 0 spiro atoms. The maximum absolute atomic E-state index is 12.0. The maximum Gasteiger partial charge on any atom is 0.318 e. The first-order valence-electron chi connectivity index (χ1n) is 6.44. The minimum Gasteiger partial charge on any atom is -0.481 e. The number of carboxylic acid groups (broad SMARTS) is 1. The van der Waals surface area contributed by atoms with Gasteiger partial charge in [0.2, 0.25) is 0 Å². The molecule has 1 atom stereocenters. The first kappa shape index (κ1) is 17.1. The quantitative estimate of drug-likeness (QED) is 0.684. The molecule has 116 valence electrons. The molecule has 0 aromatic rings. The minimum atomic E-state index is -3.31. The Morgan fingerprint density at radius 1 is 1.45 bits per heavy atom. The summed E-state index contributed by atoms with van der Waals surface area (Å²) in [7, 11) is -3.31. The van der Waals surface area contributed by atoms with Crippen LogP contribution in [-0.2, 0) is 14.6 Å². The molecule has 7 nitrogen and oxygen atoms in total. The van der Waals surface area contributed by atoms with Crippen molar-refractivity contribution in [3.8, 4) is 0 Å². The minimum absolute atomic E-state index is 0.00101. The number of carboxylic acids is 1. The Kier molecular flexibility index (Phi) is 6.60. The Bertz CT molecular complexity index is 452. The van der Waals surface area contributed by atoms with Crippen molar-refractivity contribution in [2.45, 2.75) is 25.1 Å². The van der Waals surface area contributed by atoms with E-state index in [2.05, 4.69) is 5.32 Å². The molecule has 2 amide bonds. The molecular weight excluding hydrogens is 304 g/mol. The Morgan fingerprint density at radius 2 is 2.15 bits per heavy atom. The van der Waals surface area contributed by atoms with Gasteiger partial charge in [-0.3, -0.25) is 4.79 Å². The van der Waals surface area contributed by atoms with Crippen molar-refractivity contribution >= 4 is 33.6 Å². The van der Waals surface area contributed by atoms with Crippen molar-refractivity contribution in [3.63, 3.8) is 0 Å². The number of thioether (sulfide) groups is 1. The predicted molar refractivity (Wildman–Crippen MR) is 77.5 cm³/mol. The second-order valence-corrected chi connectivity index (χ2v) is 8.00. The van der Waals surface area contributed by atoms with Crippen LogP contribution in [0.2, 0.25) is 0 Å². The molecule has 20 heavy (non-hydrogen) atoms. The molecule has 2 N–H and O–H groups in total. The molecule has 1 aliphatic heterocycles. The van der Waals surface area contributed by atoms with Gasteiger partial charge < -0.3 is 15.3 Å². The number of hydrogen-bond acceptors (Lipinski definition) is 5. The van der Waals surface area contributed by atoms with Gasteiger partial charge in [0.05, 0.1) is 0 Å². The second kappa shape index (κ2) is 7.72. The molecule has 1 aliphatic rings. The standard InChI is InChI=1S/C11H20N2O5S2/c1-2-20(17,18)9-8-19-7-6-13(9)11(16)12-5-3-4-10(14)15/h9H,2-8H2,1H3,(H,12,16)(H,14,15). The molecular formula is C11H20N2O5S2. The third-order valence-corrected chi connectivity index (χ3v) is 6.29. The Labute approximate surface area is 123 Å². The van der Waals surface area contributed by atoms with Crippen molar-refractivity contribution in [1.29, 1.82) is 0 Å². The van der Waals surface area contributed by atoms with Crippen molar-refractivity contribution in [1.82, 2.24) is 10.2 Å². The van der Waals surface area contributed by atoms with Crippen LogP contribution in [0, 0.1) is 0 Å². The molecule has 1 fully saturated rings. The van der Waals surface area contributed by atoms with Gasteiger partial charge in [-0.1, -0.05) is 6.92 Å². The van der Waals surface area contributed by atoms with Gasteiger partial charge in [0.15, 0.2) is 9.84 Å². The topological polar surface area (TPSA) is 104 Å². The van der Waals surface area contributed by atoms with Crippen LogP contribution < -0.4 is 5.32 Å². The summed E-state index contributed by atoms with van der Waals surface area (Å²) in [5, 5.41) is 10.3. The van der Waals surface area contributed by atoms with E-state index in [4.69, 9.17) is 5.11 Å². The summed E-state index contributed by atoms with van der Waals surface area (Å²) in [5.41, 5.74) is 0. The van der Waals surface area contributed by atoms with Crippen molar-refractivity contribution in [2.24, 2.45) is 0 Å². The number of urea groups is 1. The molecule has 1 rings (SSSR count). The van der Waals surface area contributed by atoms with Crippen molar-refractivity contribution in [3.05, 3.63) is 0 Å². The fourth-order valence-corrected chi connectivity index (χ4v) is 4.81. The normalized spacial score (nSPS) is 19.6. The van der Waals surface area contributed by atoms with Crippen LogP contribution in [0.25, 0.3) is 0 Å². The molecule has 9 heteroatoms. The third kappa shape index (κ3) is 4.86. The molecule has 1 saturated heterocycles. The smallest absolute Gasteiger partial charge is 0.318 e. The maximum atomic E-state index is 12.0. The summed E-state index contributed by atoms with van der Waals surface area (Å²) in [6, 6.07) is -0.433. The first-order chi connectivity index (χ1) is 9.38. The van der Waals surface area contributed by atoms with E-state index >= 15 is 0 Å². The first-order valence-corrected chi connectivity index (χ1v) is 9.31. The van der Waals surface area contributed by atoms with Gasteiger partial charge in [0, 0.05) is 36.8 Å². The van der Waals surface area contributed by atoms with Gasteiger partial charge in [-0.2, -0.15) is 11.8 Å². The fraction of sp³-hybridized carbons (Fsp3) is 0.818. The van der Waals surface area contributed by atoms with Gasteiger partial charge in [-0.15, -0.1) is 0 Å². The predicted octanol–water partition coefficient (Wildman–Crippen LogP) is 0.370. The highest BCUT2D eigenvalue weighted by Gasteiger charge is 2.35. The summed E-state index contributed by atoms with van der Waals surface area (Å²) in [6.07, 6.45) is 0.307. The van der Waals surface area contributed by atoms with Gasteiger partial charge in [0.25, 0.3) is 0 Å². The number of amides is 2. The van der Waals surface area contributed by atoms with Crippen LogP contribution in [0.1, 0.15) is 19.8 Å². The summed E-state index contributed by atoms with van der Waals surface area (Å²) in [5.74, 6) is 0.179. The van der Waals surface area contributed by atoms with Crippen LogP contribution >= 0.6 is 11.8 Å². The van der Waals surface area contributed by atoms with E-state index in [1.54, 1.807) is 6.92 Å². The monoisotopic (exact) mass is 324 g/mol. The van der Waals surface area contributed by atoms with Gasteiger partial charge in [-0.25, -0.2) is 13.2 Å². The molecule has 0 bridgehead atoms. The third-order valence-electron chi connectivity index (χ3n) is 3.01. The average molecular weight is 324 g/mol. The number of rotatable bonds is 6. The average Bonchev–Trinajstić information content (AvgIpc) is 2.43. The van der Waals surface area contributed by atoms with Gasteiger partial charge in [-0.05, 0) is 6.42 Å². The Morgan fingerprint density at radius 3 is 2.75 bits per heavy atom. The fourth-order valence-electron chi connectivity index (χ4n) is 1.84.